The lowest BCUT2D eigenvalue weighted by Gasteiger charge is -2.18. The largest absolute Gasteiger partial charge is 0.283 e. The monoisotopic (exact) mass is 627 g/mol. The summed E-state index contributed by atoms with van der Waals surface area (Å²) in [4.78, 5) is 4.70. The van der Waals surface area contributed by atoms with Gasteiger partial charge in [0.15, 0.2) is 0 Å². The SMILES string of the molecule is S=P(Cl)(NNc1nnc(-c2ccc(Br)cc2)c(-c2ccc(Br)cc2)n1)c1ccccc1Cl. The van der Waals surface area contributed by atoms with E-state index in [1.165, 1.54) is 0 Å². The zero-order chi connectivity index (χ0) is 22.7. The Balaban J connectivity index is 1.69. The molecule has 1 unspecified atom stereocenters. The van der Waals surface area contributed by atoms with Gasteiger partial charge in [0.25, 0.3) is 5.95 Å². The van der Waals surface area contributed by atoms with E-state index in [1.54, 1.807) is 12.1 Å². The Kier molecular flexibility index (Phi) is 7.62. The molecular formula is C21H14Br2Cl2N5PS. The molecule has 32 heavy (non-hydrogen) atoms. The van der Waals surface area contributed by atoms with E-state index in [-0.39, 0.29) is 5.95 Å². The third-order valence-electron chi connectivity index (χ3n) is 4.40. The molecule has 0 bridgehead atoms. The third-order valence-corrected chi connectivity index (χ3v) is 8.99. The van der Waals surface area contributed by atoms with Crippen molar-refractivity contribution < 1.29 is 0 Å². The van der Waals surface area contributed by atoms with Gasteiger partial charge in [-0.1, -0.05) is 103 Å². The number of anilines is 1. The van der Waals surface area contributed by atoms with E-state index in [2.05, 4.69) is 52.7 Å². The van der Waals surface area contributed by atoms with Crippen molar-refractivity contribution in [3.8, 4) is 22.5 Å². The van der Waals surface area contributed by atoms with Crippen LogP contribution in [0.2, 0.25) is 5.02 Å². The highest BCUT2D eigenvalue weighted by molar-refractivity contribution is 9.10. The molecule has 0 aliphatic heterocycles. The molecule has 2 N–H and O–H groups in total. The van der Waals surface area contributed by atoms with Crippen molar-refractivity contribution in [1.82, 2.24) is 20.4 Å². The maximum atomic E-state index is 6.62. The Morgan fingerprint density at radius 3 is 1.94 bits per heavy atom. The predicted molar refractivity (Wildman–Crippen MR) is 144 cm³/mol. The summed E-state index contributed by atoms with van der Waals surface area (Å²) >= 11 is 25.4. The maximum absolute atomic E-state index is 6.62. The van der Waals surface area contributed by atoms with Gasteiger partial charge in [0, 0.05) is 25.4 Å². The molecule has 0 fully saturated rings. The van der Waals surface area contributed by atoms with E-state index in [1.807, 2.05) is 60.7 Å². The number of hydrogen-bond acceptors (Lipinski definition) is 5. The molecule has 5 nitrogen and oxygen atoms in total. The first-order chi connectivity index (χ1) is 15.3. The molecule has 4 aromatic rings. The average Bonchev–Trinajstić information content (AvgIpc) is 2.79. The molecule has 0 saturated heterocycles. The number of nitrogens with one attached hydrogen (secondary N) is 2. The van der Waals surface area contributed by atoms with Gasteiger partial charge in [-0.3, -0.25) is 5.43 Å². The molecule has 11 heteroatoms. The van der Waals surface area contributed by atoms with Gasteiger partial charge < -0.3 is 0 Å². The van der Waals surface area contributed by atoms with Crippen molar-refractivity contribution in [2.45, 2.75) is 0 Å². The van der Waals surface area contributed by atoms with E-state index >= 15 is 0 Å². The number of hydrazine groups is 1. The zero-order valence-electron chi connectivity index (χ0n) is 16.1. The van der Waals surface area contributed by atoms with Crippen LogP contribution in [0.3, 0.4) is 0 Å². The first-order valence-electron chi connectivity index (χ1n) is 9.18. The van der Waals surface area contributed by atoms with Crippen LogP contribution in [0.25, 0.3) is 22.5 Å². The third kappa shape index (κ3) is 5.57. The summed E-state index contributed by atoms with van der Waals surface area (Å²) in [5.41, 5.74) is 3.30. The normalized spacial score (nSPS) is 12.9. The maximum Gasteiger partial charge on any atom is 0.258 e. The van der Waals surface area contributed by atoms with Gasteiger partial charge in [0.05, 0.1) is 5.02 Å². The van der Waals surface area contributed by atoms with Gasteiger partial charge in [-0.05, 0) is 36.4 Å². The Hall–Kier alpha value is -1.38. The topological polar surface area (TPSA) is 62.7 Å². The minimum absolute atomic E-state index is 0.241. The van der Waals surface area contributed by atoms with E-state index in [4.69, 9.17) is 39.6 Å². The summed E-state index contributed by atoms with van der Waals surface area (Å²) in [5, 5.41) is 12.8. The number of halogens is 4. The minimum Gasteiger partial charge on any atom is -0.283 e. The molecule has 0 aliphatic carbocycles. The predicted octanol–water partition coefficient (Wildman–Crippen LogP) is 7.17. The van der Waals surface area contributed by atoms with Gasteiger partial charge in [-0.2, -0.15) is 5.20 Å². The lowest BCUT2D eigenvalue weighted by atomic mass is 10.0. The molecule has 1 heterocycles. The standard InChI is InChI=1S/C21H14Br2Cl2N5PS/c22-15-9-5-13(6-10-15)19-20(14-7-11-16(23)12-8-14)27-28-21(26-19)29-30-31(25,32)18-4-2-1-3-17(18)24/h1-12H,(H,30,32)(H,26,28,29). The van der Waals surface area contributed by atoms with Crippen molar-refractivity contribution in [1.29, 1.82) is 0 Å². The molecule has 0 saturated carbocycles. The quantitative estimate of drug-likeness (QED) is 0.174. The van der Waals surface area contributed by atoms with Crippen molar-refractivity contribution in [3.05, 3.63) is 86.8 Å². The Morgan fingerprint density at radius 1 is 0.781 bits per heavy atom. The van der Waals surface area contributed by atoms with Crippen molar-refractivity contribution in [2.24, 2.45) is 0 Å². The van der Waals surface area contributed by atoms with Gasteiger partial charge in [-0.15, -0.1) is 10.2 Å². The Morgan fingerprint density at radius 2 is 1.34 bits per heavy atom. The highest BCUT2D eigenvalue weighted by Crippen LogP contribution is 2.47. The number of benzene rings is 3. The molecule has 162 valence electrons. The zero-order valence-corrected chi connectivity index (χ0v) is 22.5. The summed E-state index contributed by atoms with van der Waals surface area (Å²) in [7, 11) is 0. The lowest BCUT2D eigenvalue weighted by molar-refractivity contribution is 0.956. The number of hydrogen-bond donors (Lipinski definition) is 2. The fraction of sp³-hybridized carbons (Fsp3) is 0. The van der Waals surface area contributed by atoms with E-state index < -0.39 is 5.54 Å². The number of rotatable bonds is 6. The summed E-state index contributed by atoms with van der Waals surface area (Å²) in [6.07, 6.45) is 0. The van der Waals surface area contributed by atoms with Gasteiger partial charge in [-0.25, -0.2) is 4.98 Å². The molecular weight excluding hydrogens is 616 g/mol. The van der Waals surface area contributed by atoms with E-state index in [0.717, 1.165) is 20.1 Å². The highest BCUT2D eigenvalue weighted by atomic mass is 79.9. The molecule has 0 aliphatic rings. The number of nitrogens with zero attached hydrogens (tertiary/aromatic N) is 3. The molecule has 3 aromatic carbocycles. The van der Waals surface area contributed by atoms with E-state index in [0.29, 0.717) is 21.7 Å². The van der Waals surface area contributed by atoms with Crippen LogP contribution in [0.15, 0.2) is 81.7 Å². The summed E-state index contributed by atoms with van der Waals surface area (Å²) in [6, 6.07) is 22.8. The van der Waals surface area contributed by atoms with Gasteiger partial charge >= 0.3 is 0 Å². The van der Waals surface area contributed by atoms with Crippen molar-refractivity contribution in [3.63, 3.8) is 0 Å². The molecule has 0 amide bonds. The fourth-order valence-electron chi connectivity index (χ4n) is 2.86. The fourth-order valence-corrected chi connectivity index (χ4v) is 6.36. The summed E-state index contributed by atoms with van der Waals surface area (Å²) in [6.45, 7) is 0. The van der Waals surface area contributed by atoms with Crippen molar-refractivity contribution in [2.75, 3.05) is 5.43 Å². The molecule has 1 atom stereocenters. The molecule has 0 spiro atoms. The van der Waals surface area contributed by atoms with Crippen LogP contribution >= 0.6 is 60.2 Å². The summed E-state index contributed by atoms with van der Waals surface area (Å²) in [5.74, 6) is 0.241. The minimum atomic E-state index is -2.72. The molecule has 1 aromatic heterocycles. The van der Waals surface area contributed by atoms with Crippen LogP contribution in [-0.4, -0.2) is 15.2 Å². The van der Waals surface area contributed by atoms with E-state index in [9.17, 15) is 0 Å². The van der Waals surface area contributed by atoms with Crippen LogP contribution in [0.1, 0.15) is 0 Å². The average molecular weight is 630 g/mol. The molecule has 0 radical (unpaired) electrons. The Labute approximate surface area is 217 Å². The second-order valence-corrected chi connectivity index (χ2v) is 14.3. The lowest BCUT2D eigenvalue weighted by Crippen LogP contribution is -2.24. The smallest absolute Gasteiger partial charge is 0.258 e. The Bertz CT molecular complexity index is 1310. The van der Waals surface area contributed by atoms with Crippen LogP contribution in [-0.2, 0) is 11.8 Å². The second kappa shape index (κ2) is 10.3. The summed E-state index contributed by atoms with van der Waals surface area (Å²) < 4.78 is 1.94. The van der Waals surface area contributed by atoms with Crippen LogP contribution in [0.5, 0.6) is 0 Å². The van der Waals surface area contributed by atoms with Gasteiger partial charge in [0.1, 0.15) is 16.9 Å². The number of aromatic nitrogens is 3. The first kappa shape index (κ1) is 23.8. The van der Waals surface area contributed by atoms with Crippen LogP contribution in [0, 0.1) is 0 Å². The second-order valence-electron chi connectivity index (χ2n) is 6.57. The van der Waals surface area contributed by atoms with Crippen molar-refractivity contribution >= 4 is 83.3 Å². The van der Waals surface area contributed by atoms with Crippen LogP contribution < -0.4 is 15.9 Å². The van der Waals surface area contributed by atoms with Gasteiger partial charge in [0.2, 0.25) is 0 Å². The van der Waals surface area contributed by atoms with Crippen LogP contribution in [0.4, 0.5) is 5.95 Å². The molecule has 4 rings (SSSR count). The highest BCUT2D eigenvalue weighted by Gasteiger charge is 2.20. The first-order valence-corrected chi connectivity index (χ1v) is 14.9.